The van der Waals surface area contributed by atoms with Gasteiger partial charge in [0.25, 0.3) is 5.91 Å². The predicted octanol–water partition coefficient (Wildman–Crippen LogP) is 6.87. The lowest BCUT2D eigenvalue weighted by Crippen LogP contribution is -2.27. The summed E-state index contributed by atoms with van der Waals surface area (Å²) in [6, 6.07) is 32.0. The number of amides is 2. The van der Waals surface area contributed by atoms with E-state index in [9.17, 15) is 9.59 Å². The molecule has 1 aliphatic carbocycles. The molecule has 1 atom stereocenters. The first-order chi connectivity index (χ1) is 17.7. The fraction of sp³-hybridized carbons (Fsp3) is 0.161. The summed E-state index contributed by atoms with van der Waals surface area (Å²) in [7, 11) is 0. The maximum Gasteiger partial charge on any atom is 0.255 e. The van der Waals surface area contributed by atoms with E-state index in [1.807, 2.05) is 71.6 Å². The summed E-state index contributed by atoms with van der Waals surface area (Å²) in [6.45, 7) is 0. The van der Waals surface area contributed by atoms with Gasteiger partial charge >= 0.3 is 0 Å². The molecule has 1 aliphatic heterocycles. The van der Waals surface area contributed by atoms with Crippen LogP contribution in [0.4, 0.5) is 11.4 Å². The van der Waals surface area contributed by atoms with E-state index in [0.29, 0.717) is 11.3 Å². The normalized spacial score (nSPS) is 16.7. The number of hydrogen-bond acceptors (Lipinski definition) is 3. The number of fused-ring (bicyclic) bond motifs is 1. The van der Waals surface area contributed by atoms with Crippen LogP contribution in [0.2, 0.25) is 0 Å². The molecule has 1 N–H and O–H groups in total. The highest BCUT2D eigenvalue weighted by atomic mass is 32.2. The van der Waals surface area contributed by atoms with Crippen molar-refractivity contribution in [1.82, 2.24) is 0 Å². The Morgan fingerprint density at radius 3 is 2.31 bits per heavy atom. The van der Waals surface area contributed by atoms with E-state index in [-0.39, 0.29) is 17.2 Å². The molecule has 178 valence electrons. The Morgan fingerprint density at radius 1 is 0.806 bits per heavy atom. The average Bonchev–Trinajstić information content (AvgIpc) is 3.55. The van der Waals surface area contributed by atoms with Crippen LogP contribution in [0.25, 0.3) is 11.1 Å². The van der Waals surface area contributed by atoms with Crippen molar-refractivity contribution in [3.63, 3.8) is 0 Å². The van der Waals surface area contributed by atoms with Crippen molar-refractivity contribution in [2.45, 2.75) is 24.6 Å². The van der Waals surface area contributed by atoms with Crippen molar-refractivity contribution in [1.29, 1.82) is 0 Å². The fourth-order valence-corrected chi connectivity index (χ4v) is 6.21. The Morgan fingerprint density at radius 2 is 1.53 bits per heavy atom. The number of benzene rings is 4. The van der Waals surface area contributed by atoms with Crippen molar-refractivity contribution in [2.24, 2.45) is 0 Å². The molecule has 2 amide bonds. The molecule has 1 unspecified atom stereocenters. The smallest absolute Gasteiger partial charge is 0.255 e. The number of nitrogens with one attached hydrogen (secondary N) is 1. The lowest BCUT2D eigenvalue weighted by Gasteiger charge is -2.25. The molecule has 1 saturated heterocycles. The van der Waals surface area contributed by atoms with Crippen LogP contribution in [-0.4, -0.2) is 17.6 Å². The molecule has 36 heavy (non-hydrogen) atoms. The van der Waals surface area contributed by atoms with Crippen molar-refractivity contribution >= 4 is 35.0 Å². The first-order valence-electron chi connectivity index (χ1n) is 12.3. The van der Waals surface area contributed by atoms with Crippen LogP contribution < -0.4 is 10.2 Å². The van der Waals surface area contributed by atoms with Gasteiger partial charge in [0.15, 0.2) is 0 Å². The van der Waals surface area contributed by atoms with Crippen molar-refractivity contribution in [3.05, 3.63) is 119 Å². The summed E-state index contributed by atoms with van der Waals surface area (Å²) in [6.07, 6.45) is 3.41. The zero-order valence-corrected chi connectivity index (χ0v) is 20.6. The zero-order valence-electron chi connectivity index (χ0n) is 19.8. The minimum absolute atomic E-state index is 0.0627. The average molecular weight is 491 g/mol. The quantitative estimate of drug-likeness (QED) is 0.332. The van der Waals surface area contributed by atoms with Crippen LogP contribution in [0.3, 0.4) is 0 Å². The molecule has 0 saturated carbocycles. The Balaban J connectivity index is 1.16. The second kappa shape index (κ2) is 9.67. The molecule has 1 fully saturated rings. The summed E-state index contributed by atoms with van der Waals surface area (Å²) < 4.78 is 0. The maximum atomic E-state index is 12.8. The molecule has 0 spiro atoms. The molecule has 4 aromatic rings. The molecule has 0 radical (unpaired) electrons. The highest BCUT2D eigenvalue weighted by molar-refractivity contribution is 8.00. The second-order valence-electron chi connectivity index (χ2n) is 9.25. The number of carbonyl (C=O) groups excluding carboxylic acids is 2. The number of hydrogen-bond donors (Lipinski definition) is 1. The molecule has 2 aliphatic rings. The lowest BCUT2D eigenvalue weighted by atomic mass is 10.0. The van der Waals surface area contributed by atoms with E-state index in [0.717, 1.165) is 40.9 Å². The van der Waals surface area contributed by atoms with Crippen LogP contribution in [0.15, 0.2) is 97.1 Å². The highest BCUT2D eigenvalue weighted by Crippen LogP contribution is 2.43. The van der Waals surface area contributed by atoms with Crippen LogP contribution in [0, 0.1) is 0 Å². The van der Waals surface area contributed by atoms with Gasteiger partial charge < -0.3 is 5.32 Å². The highest BCUT2D eigenvalue weighted by Gasteiger charge is 2.34. The number of carbonyl (C=O) groups is 2. The Labute approximate surface area is 215 Å². The van der Waals surface area contributed by atoms with Gasteiger partial charge in [-0.15, -0.1) is 11.8 Å². The van der Waals surface area contributed by atoms with Crippen LogP contribution in [0.5, 0.6) is 0 Å². The van der Waals surface area contributed by atoms with Gasteiger partial charge in [0, 0.05) is 16.9 Å². The third-order valence-electron chi connectivity index (χ3n) is 6.94. The molecule has 4 aromatic carbocycles. The molecule has 4 nitrogen and oxygen atoms in total. The predicted molar refractivity (Wildman–Crippen MR) is 147 cm³/mol. The minimum atomic E-state index is -0.146. The van der Waals surface area contributed by atoms with Gasteiger partial charge in [0.2, 0.25) is 5.91 Å². The molecule has 1 heterocycles. The van der Waals surface area contributed by atoms with E-state index in [4.69, 9.17) is 0 Å². The fourth-order valence-electron chi connectivity index (χ4n) is 5.04. The molecule has 5 heteroatoms. The van der Waals surface area contributed by atoms with E-state index in [1.165, 1.54) is 17.5 Å². The van der Waals surface area contributed by atoms with Crippen LogP contribution in [-0.2, 0) is 17.6 Å². The molecule has 0 bridgehead atoms. The van der Waals surface area contributed by atoms with Gasteiger partial charge in [-0.05, 0) is 83.5 Å². The van der Waals surface area contributed by atoms with Gasteiger partial charge in [0.05, 0.1) is 5.75 Å². The summed E-state index contributed by atoms with van der Waals surface area (Å²) in [5.41, 5.74) is 8.34. The zero-order chi connectivity index (χ0) is 24.5. The first-order valence-corrected chi connectivity index (χ1v) is 13.3. The van der Waals surface area contributed by atoms with Gasteiger partial charge in [-0.2, -0.15) is 0 Å². The van der Waals surface area contributed by atoms with E-state index >= 15 is 0 Å². The van der Waals surface area contributed by atoms with E-state index in [1.54, 1.807) is 11.8 Å². The summed E-state index contributed by atoms with van der Waals surface area (Å²) in [4.78, 5) is 27.5. The van der Waals surface area contributed by atoms with E-state index < -0.39 is 0 Å². The molecular formula is C31H26N2O2S. The number of rotatable bonds is 5. The number of thioether (sulfide) groups is 1. The van der Waals surface area contributed by atoms with Gasteiger partial charge in [0.1, 0.15) is 5.37 Å². The topological polar surface area (TPSA) is 49.4 Å². The first kappa shape index (κ1) is 22.6. The van der Waals surface area contributed by atoms with Crippen molar-refractivity contribution in [3.8, 4) is 11.1 Å². The SMILES string of the molecule is O=C(Nc1ccc(C2SCC(=O)N2c2ccc3c(c2)CCC3)cc1)c1ccc(-c2ccccc2)cc1. The third-order valence-corrected chi connectivity index (χ3v) is 8.15. The molecular weight excluding hydrogens is 464 g/mol. The second-order valence-corrected chi connectivity index (χ2v) is 10.3. The number of aryl methyl sites for hydroxylation is 2. The Bertz CT molecular complexity index is 1420. The standard InChI is InChI=1S/C31H26N2O2S/c34-29-20-36-31(33(29)28-18-15-22-7-4-8-26(22)19-28)25-13-16-27(17-14-25)32-30(35)24-11-9-23(10-12-24)21-5-2-1-3-6-21/h1-3,5-6,9-19,31H,4,7-8,20H2,(H,32,35). The Hall–Kier alpha value is -3.83. The van der Waals surface area contributed by atoms with Crippen LogP contribution >= 0.6 is 11.8 Å². The summed E-state index contributed by atoms with van der Waals surface area (Å²) in [5.74, 6) is 0.464. The summed E-state index contributed by atoms with van der Waals surface area (Å²) in [5, 5.41) is 2.93. The van der Waals surface area contributed by atoms with E-state index in [2.05, 4.69) is 35.6 Å². The number of nitrogens with zero attached hydrogens (tertiary/aromatic N) is 1. The molecule has 6 rings (SSSR count). The minimum Gasteiger partial charge on any atom is -0.322 e. The largest absolute Gasteiger partial charge is 0.322 e. The van der Waals surface area contributed by atoms with Gasteiger partial charge in [-0.3, -0.25) is 14.5 Å². The number of anilines is 2. The third kappa shape index (κ3) is 4.42. The molecule has 0 aromatic heterocycles. The Kier molecular flexibility index (Phi) is 6.08. The van der Waals surface area contributed by atoms with Gasteiger partial charge in [-0.1, -0.05) is 60.7 Å². The monoisotopic (exact) mass is 490 g/mol. The van der Waals surface area contributed by atoms with Gasteiger partial charge in [-0.25, -0.2) is 0 Å². The maximum absolute atomic E-state index is 12.8. The van der Waals surface area contributed by atoms with Crippen molar-refractivity contribution in [2.75, 3.05) is 16.0 Å². The van der Waals surface area contributed by atoms with Crippen molar-refractivity contribution < 1.29 is 9.59 Å². The lowest BCUT2D eigenvalue weighted by molar-refractivity contribution is -0.115. The summed E-state index contributed by atoms with van der Waals surface area (Å²) >= 11 is 1.64. The van der Waals surface area contributed by atoms with Crippen LogP contribution in [0.1, 0.15) is 38.8 Å².